The highest BCUT2D eigenvalue weighted by Gasteiger charge is 2.42. The second kappa shape index (κ2) is 5.62. The van der Waals surface area contributed by atoms with Gasteiger partial charge in [-0.15, -0.1) is 0 Å². The molecule has 2 bridgehead atoms. The van der Waals surface area contributed by atoms with Crippen LogP contribution in [0.3, 0.4) is 0 Å². The molecule has 0 spiro atoms. The molecular formula is C14H24N2O2S. The number of carboxylic acids is 1. The third-order valence-corrected chi connectivity index (χ3v) is 6.32. The van der Waals surface area contributed by atoms with E-state index >= 15 is 0 Å². The molecule has 3 rings (SSSR count). The Morgan fingerprint density at radius 1 is 1.26 bits per heavy atom. The Morgan fingerprint density at radius 3 is 2.58 bits per heavy atom. The number of hydrogen-bond acceptors (Lipinski definition) is 4. The number of carboxylic acid groups (broad SMARTS) is 1. The summed E-state index contributed by atoms with van der Waals surface area (Å²) in [6.45, 7) is 1.08. The summed E-state index contributed by atoms with van der Waals surface area (Å²) in [5, 5.41) is 9.10. The molecule has 0 radical (unpaired) electrons. The van der Waals surface area contributed by atoms with Crippen molar-refractivity contribution in [1.29, 1.82) is 0 Å². The molecule has 3 aliphatic heterocycles. The van der Waals surface area contributed by atoms with Gasteiger partial charge in [0.2, 0.25) is 0 Å². The van der Waals surface area contributed by atoms with Crippen molar-refractivity contribution in [3.63, 3.8) is 0 Å². The minimum Gasteiger partial charge on any atom is -0.481 e. The van der Waals surface area contributed by atoms with Gasteiger partial charge >= 0.3 is 5.97 Å². The maximum absolute atomic E-state index is 11.0. The van der Waals surface area contributed by atoms with Crippen LogP contribution in [0.5, 0.6) is 0 Å². The lowest BCUT2D eigenvalue weighted by Gasteiger charge is -2.46. The standard InChI is InChI=1S/C14H24N2O2S/c1-15-10-2-3-11(15)7-12(6-10)16-4-5-19-9-13(16)8-14(17)18/h10-13H,2-9H2,1H3,(H,17,18). The Bertz CT molecular complexity index is 338. The predicted octanol–water partition coefficient (Wildman–Crippen LogP) is 1.50. The van der Waals surface area contributed by atoms with Crippen LogP contribution in [-0.2, 0) is 4.79 Å². The first kappa shape index (κ1) is 13.7. The number of piperidine rings is 1. The molecule has 0 aromatic heterocycles. The molecule has 5 heteroatoms. The molecule has 3 atom stereocenters. The van der Waals surface area contributed by atoms with Crippen molar-refractivity contribution >= 4 is 17.7 Å². The van der Waals surface area contributed by atoms with Crippen molar-refractivity contribution in [2.75, 3.05) is 25.1 Å². The first-order valence-electron chi connectivity index (χ1n) is 7.42. The summed E-state index contributed by atoms with van der Waals surface area (Å²) in [4.78, 5) is 16.1. The molecule has 108 valence electrons. The Hall–Kier alpha value is -0.260. The van der Waals surface area contributed by atoms with Gasteiger partial charge in [-0.3, -0.25) is 9.69 Å². The minimum atomic E-state index is -0.645. The number of aliphatic carboxylic acids is 1. The lowest BCUT2D eigenvalue weighted by molar-refractivity contribution is -0.138. The molecule has 3 saturated heterocycles. The summed E-state index contributed by atoms with van der Waals surface area (Å²) >= 11 is 1.92. The van der Waals surface area contributed by atoms with E-state index in [1.165, 1.54) is 25.7 Å². The van der Waals surface area contributed by atoms with E-state index in [2.05, 4.69) is 16.8 Å². The number of carbonyl (C=O) groups is 1. The maximum atomic E-state index is 11.0. The molecule has 3 unspecified atom stereocenters. The van der Waals surface area contributed by atoms with Crippen molar-refractivity contribution in [2.24, 2.45) is 0 Å². The van der Waals surface area contributed by atoms with E-state index in [-0.39, 0.29) is 6.04 Å². The van der Waals surface area contributed by atoms with Gasteiger partial charge < -0.3 is 10.0 Å². The summed E-state index contributed by atoms with van der Waals surface area (Å²) in [5.74, 6) is 1.51. The summed E-state index contributed by atoms with van der Waals surface area (Å²) in [6, 6.07) is 2.36. The van der Waals surface area contributed by atoms with Gasteiger partial charge in [0.25, 0.3) is 0 Å². The largest absolute Gasteiger partial charge is 0.481 e. The van der Waals surface area contributed by atoms with E-state index in [0.717, 1.165) is 30.1 Å². The van der Waals surface area contributed by atoms with Crippen LogP contribution in [0, 0.1) is 0 Å². The third-order valence-electron chi connectivity index (χ3n) is 5.23. The number of nitrogens with zero attached hydrogens (tertiary/aromatic N) is 2. The minimum absolute atomic E-state index is 0.254. The molecule has 4 nitrogen and oxygen atoms in total. The first-order valence-corrected chi connectivity index (χ1v) is 8.58. The van der Waals surface area contributed by atoms with Crippen molar-refractivity contribution in [1.82, 2.24) is 9.80 Å². The van der Waals surface area contributed by atoms with Gasteiger partial charge in [-0.2, -0.15) is 11.8 Å². The second-order valence-corrected chi connectivity index (χ2v) is 7.39. The van der Waals surface area contributed by atoms with Crippen molar-refractivity contribution in [2.45, 2.75) is 56.3 Å². The van der Waals surface area contributed by atoms with Crippen molar-refractivity contribution in [3.8, 4) is 0 Å². The van der Waals surface area contributed by atoms with Crippen LogP contribution < -0.4 is 0 Å². The first-order chi connectivity index (χ1) is 9.15. The van der Waals surface area contributed by atoms with Crippen LogP contribution in [0.4, 0.5) is 0 Å². The molecule has 0 amide bonds. The third kappa shape index (κ3) is 2.78. The van der Waals surface area contributed by atoms with Gasteiger partial charge in [0, 0.05) is 42.2 Å². The Kier molecular flexibility index (Phi) is 4.06. The fourth-order valence-electron chi connectivity index (χ4n) is 4.18. The van der Waals surface area contributed by atoms with Crippen LogP contribution in [0.1, 0.15) is 32.1 Å². The van der Waals surface area contributed by atoms with E-state index in [9.17, 15) is 4.79 Å². The molecule has 19 heavy (non-hydrogen) atoms. The van der Waals surface area contributed by atoms with Crippen LogP contribution in [0.25, 0.3) is 0 Å². The fraction of sp³-hybridized carbons (Fsp3) is 0.929. The molecular weight excluding hydrogens is 260 g/mol. The van der Waals surface area contributed by atoms with Crippen LogP contribution in [-0.4, -0.2) is 70.1 Å². The normalized spacial score (nSPS) is 40.5. The molecule has 0 aromatic rings. The maximum Gasteiger partial charge on any atom is 0.304 e. The van der Waals surface area contributed by atoms with Gasteiger partial charge in [-0.25, -0.2) is 0 Å². The second-order valence-electron chi connectivity index (χ2n) is 6.24. The van der Waals surface area contributed by atoms with Gasteiger partial charge in [-0.05, 0) is 32.7 Å². The van der Waals surface area contributed by atoms with Crippen LogP contribution in [0.15, 0.2) is 0 Å². The molecule has 0 aliphatic carbocycles. The van der Waals surface area contributed by atoms with Crippen LogP contribution in [0.2, 0.25) is 0 Å². The molecule has 1 N–H and O–H groups in total. The van der Waals surface area contributed by atoms with Crippen molar-refractivity contribution < 1.29 is 9.90 Å². The van der Waals surface area contributed by atoms with Gasteiger partial charge in [-0.1, -0.05) is 0 Å². The number of hydrogen-bond donors (Lipinski definition) is 1. The Balaban J connectivity index is 1.68. The summed E-state index contributed by atoms with van der Waals surface area (Å²) in [7, 11) is 2.26. The molecule has 0 saturated carbocycles. The van der Waals surface area contributed by atoms with E-state index in [0.29, 0.717) is 12.5 Å². The lowest BCUT2D eigenvalue weighted by atomic mass is 9.94. The highest BCUT2D eigenvalue weighted by molar-refractivity contribution is 7.99. The van der Waals surface area contributed by atoms with Gasteiger partial charge in [0.15, 0.2) is 0 Å². The van der Waals surface area contributed by atoms with Crippen molar-refractivity contribution in [3.05, 3.63) is 0 Å². The highest BCUT2D eigenvalue weighted by atomic mass is 32.2. The summed E-state index contributed by atoms with van der Waals surface area (Å²) < 4.78 is 0. The zero-order valence-corrected chi connectivity index (χ0v) is 12.4. The number of thioether (sulfide) groups is 1. The SMILES string of the molecule is CN1C2CCC1CC(N1CCSCC1CC(=O)O)C2. The zero-order valence-electron chi connectivity index (χ0n) is 11.6. The lowest BCUT2D eigenvalue weighted by Crippen LogP contribution is -2.55. The van der Waals surface area contributed by atoms with E-state index in [4.69, 9.17) is 5.11 Å². The smallest absolute Gasteiger partial charge is 0.304 e. The van der Waals surface area contributed by atoms with Gasteiger partial charge in [0.05, 0.1) is 6.42 Å². The number of fused-ring (bicyclic) bond motifs is 2. The molecule has 3 heterocycles. The molecule has 0 aromatic carbocycles. The monoisotopic (exact) mass is 284 g/mol. The van der Waals surface area contributed by atoms with Crippen LogP contribution >= 0.6 is 11.8 Å². The molecule has 3 aliphatic rings. The average molecular weight is 284 g/mol. The fourth-order valence-corrected chi connectivity index (χ4v) is 5.27. The Labute approximate surface area is 119 Å². The zero-order chi connectivity index (χ0) is 13.4. The Morgan fingerprint density at radius 2 is 1.95 bits per heavy atom. The van der Waals surface area contributed by atoms with E-state index < -0.39 is 5.97 Å². The summed E-state index contributed by atoms with van der Waals surface area (Å²) in [5.41, 5.74) is 0. The van der Waals surface area contributed by atoms with E-state index in [1.807, 2.05) is 11.8 Å². The van der Waals surface area contributed by atoms with E-state index in [1.54, 1.807) is 0 Å². The predicted molar refractivity (Wildman–Crippen MR) is 77.7 cm³/mol. The highest BCUT2D eigenvalue weighted by Crippen LogP contribution is 2.38. The average Bonchev–Trinajstić information content (AvgIpc) is 2.62. The van der Waals surface area contributed by atoms with Gasteiger partial charge in [0.1, 0.15) is 0 Å². The molecule has 3 fully saturated rings. The summed E-state index contributed by atoms with van der Waals surface area (Å²) in [6.07, 6.45) is 5.48. The number of rotatable bonds is 3. The quantitative estimate of drug-likeness (QED) is 0.851. The topological polar surface area (TPSA) is 43.8 Å².